The van der Waals surface area contributed by atoms with Gasteiger partial charge in [0.2, 0.25) is 0 Å². The maximum absolute atomic E-state index is 6.68. The van der Waals surface area contributed by atoms with Crippen molar-refractivity contribution < 1.29 is 4.42 Å². The second-order valence-corrected chi connectivity index (χ2v) is 12.3. The third-order valence-electron chi connectivity index (χ3n) is 10.2. The predicted octanol–water partition coefficient (Wildman–Crippen LogP) is 7.90. The van der Waals surface area contributed by atoms with Crippen molar-refractivity contribution in [3.8, 4) is 0 Å². The highest BCUT2D eigenvalue weighted by molar-refractivity contribution is 6.10. The van der Waals surface area contributed by atoms with Gasteiger partial charge in [-0.05, 0) is 54.2 Å². The first-order valence-corrected chi connectivity index (χ1v) is 15.4. The standard InChI is InChI=1S/C37H30N6O/c1-40-21-22-41-32-27(17-18-28-25-12-6-8-14-30(25)44-33(28)32)26-16-15-23-9-5-7-13-29(23)43-35-34(38-19-20-39-35)42(24-10-3-2-4-11-24)37(43)31(26)36(40)41/h2-14,17-22,26,31,36-37H,15-16H2,1H3. The quantitative estimate of drug-likeness (QED) is 0.198. The number of hydrogen-bond donors (Lipinski definition) is 0. The average Bonchev–Trinajstić information content (AvgIpc) is 3.74. The lowest BCUT2D eigenvalue weighted by atomic mass is 9.72. The van der Waals surface area contributed by atoms with Crippen LogP contribution < -0.4 is 14.7 Å². The largest absolute Gasteiger partial charge is 0.454 e. The van der Waals surface area contributed by atoms with Gasteiger partial charge in [-0.15, -0.1) is 0 Å². The summed E-state index contributed by atoms with van der Waals surface area (Å²) in [5.41, 5.74) is 8.14. The zero-order valence-electron chi connectivity index (χ0n) is 24.3. The molecule has 0 amide bonds. The predicted molar refractivity (Wildman–Crippen MR) is 174 cm³/mol. The van der Waals surface area contributed by atoms with E-state index in [0.29, 0.717) is 0 Å². The molecule has 0 bridgehead atoms. The van der Waals surface area contributed by atoms with E-state index in [4.69, 9.17) is 14.4 Å². The molecule has 214 valence electrons. The second-order valence-electron chi connectivity index (χ2n) is 12.3. The van der Waals surface area contributed by atoms with Crippen LogP contribution in [-0.2, 0) is 6.42 Å². The van der Waals surface area contributed by atoms with Gasteiger partial charge in [-0.2, -0.15) is 0 Å². The van der Waals surface area contributed by atoms with Gasteiger partial charge in [0.1, 0.15) is 17.9 Å². The summed E-state index contributed by atoms with van der Waals surface area (Å²) in [7, 11) is 2.21. The summed E-state index contributed by atoms with van der Waals surface area (Å²) in [5.74, 6) is 2.24. The Morgan fingerprint density at radius 1 is 0.727 bits per heavy atom. The van der Waals surface area contributed by atoms with Crippen LogP contribution in [0, 0.1) is 5.92 Å². The Bertz CT molecular complexity index is 2120. The van der Waals surface area contributed by atoms with Crippen molar-refractivity contribution >= 4 is 50.6 Å². The van der Waals surface area contributed by atoms with Gasteiger partial charge in [0.05, 0.1) is 5.69 Å². The molecule has 44 heavy (non-hydrogen) atoms. The van der Waals surface area contributed by atoms with E-state index in [1.807, 2.05) is 12.4 Å². The number of fused-ring (bicyclic) bond motifs is 16. The van der Waals surface area contributed by atoms with Crippen LogP contribution in [-0.4, -0.2) is 34.2 Å². The van der Waals surface area contributed by atoms with Gasteiger partial charge in [-0.1, -0.05) is 66.7 Å². The first kappa shape index (κ1) is 24.2. The van der Waals surface area contributed by atoms with Crippen LogP contribution in [0.5, 0.6) is 0 Å². The summed E-state index contributed by atoms with van der Waals surface area (Å²) in [4.78, 5) is 19.8. The molecular weight excluding hydrogens is 544 g/mol. The molecule has 6 aromatic rings. The summed E-state index contributed by atoms with van der Waals surface area (Å²) >= 11 is 0. The molecule has 4 aliphatic heterocycles. The topological polar surface area (TPSA) is 51.9 Å². The highest BCUT2D eigenvalue weighted by Crippen LogP contribution is 2.58. The number of anilines is 5. The molecule has 4 atom stereocenters. The number of benzene rings is 4. The smallest absolute Gasteiger partial charge is 0.178 e. The van der Waals surface area contributed by atoms with Crippen molar-refractivity contribution in [1.82, 2.24) is 14.9 Å². The van der Waals surface area contributed by atoms with Gasteiger partial charge < -0.3 is 24.0 Å². The SMILES string of the molecule is CN1C=CN2c3c(ccc4c3oc3ccccc34)C3CCc4ccccc4N4c5nccnc5N(c5ccccc5)C4C3C12. The number of para-hydroxylation sites is 3. The Morgan fingerprint density at radius 3 is 2.39 bits per heavy atom. The Balaban J connectivity index is 1.27. The zero-order valence-corrected chi connectivity index (χ0v) is 24.3. The molecule has 4 aliphatic rings. The van der Waals surface area contributed by atoms with E-state index in [0.717, 1.165) is 46.7 Å². The molecule has 6 heterocycles. The minimum atomic E-state index is -0.0596. The number of hydrogen-bond acceptors (Lipinski definition) is 7. The van der Waals surface area contributed by atoms with Crippen LogP contribution in [0.2, 0.25) is 0 Å². The lowest BCUT2D eigenvalue weighted by Crippen LogP contribution is -2.59. The Kier molecular flexibility index (Phi) is 4.87. The molecule has 0 saturated heterocycles. The molecule has 0 fully saturated rings. The molecule has 0 spiro atoms. The summed E-state index contributed by atoms with van der Waals surface area (Å²) in [6.45, 7) is 0. The highest BCUT2D eigenvalue weighted by atomic mass is 16.3. The number of aryl methyl sites for hydroxylation is 1. The number of nitrogens with zero attached hydrogens (tertiary/aromatic N) is 6. The van der Waals surface area contributed by atoms with Crippen molar-refractivity contribution in [3.05, 3.63) is 127 Å². The van der Waals surface area contributed by atoms with Crippen molar-refractivity contribution in [2.45, 2.75) is 31.1 Å². The molecule has 4 aromatic carbocycles. The van der Waals surface area contributed by atoms with Gasteiger partial charge in [0.15, 0.2) is 17.2 Å². The lowest BCUT2D eigenvalue weighted by Gasteiger charge is -2.52. The maximum atomic E-state index is 6.68. The summed E-state index contributed by atoms with van der Waals surface area (Å²) in [5, 5.41) is 2.34. The molecular formula is C37H30N6O. The van der Waals surface area contributed by atoms with E-state index in [1.54, 1.807) is 0 Å². The second kappa shape index (κ2) is 8.86. The number of aromatic nitrogens is 2. The molecule has 0 N–H and O–H groups in total. The average molecular weight is 575 g/mol. The van der Waals surface area contributed by atoms with Gasteiger partial charge in [0, 0.05) is 59.9 Å². The van der Waals surface area contributed by atoms with Crippen molar-refractivity contribution in [2.75, 3.05) is 21.7 Å². The number of rotatable bonds is 1. The number of furan rings is 1. The van der Waals surface area contributed by atoms with E-state index in [-0.39, 0.29) is 24.2 Å². The summed E-state index contributed by atoms with van der Waals surface area (Å²) < 4.78 is 6.68. The third-order valence-corrected chi connectivity index (χ3v) is 10.2. The normalized spacial score (nSPS) is 23.1. The van der Waals surface area contributed by atoms with Gasteiger partial charge in [-0.3, -0.25) is 0 Å². The monoisotopic (exact) mass is 574 g/mol. The maximum Gasteiger partial charge on any atom is 0.178 e. The van der Waals surface area contributed by atoms with Crippen LogP contribution in [0.15, 0.2) is 120 Å². The summed E-state index contributed by atoms with van der Waals surface area (Å²) in [6.07, 6.45) is 10.1. The fourth-order valence-electron chi connectivity index (χ4n) is 8.46. The van der Waals surface area contributed by atoms with E-state index >= 15 is 0 Å². The lowest BCUT2D eigenvalue weighted by molar-refractivity contribution is 0.178. The minimum absolute atomic E-state index is 0.0596. The molecule has 2 aromatic heterocycles. The first-order chi connectivity index (χ1) is 21.8. The molecule has 0 saturated carbocycles. The molecule has 7 heteroatoms. The molecule has 10 rings (SSSR count). The first-order valence-electron chi connectivity index (χ1n) is 15.4. The van der Waals surface area contributed by atoms with Gasteiger partial charge >= 0.3 is 0 Å². The van der Waals surface area contributed by atoms with E-state index in [1.165, 1.54) is 27.9 Å². The van der Waals surface area contributed by atoms with Crippen LogP contribution in [0.1, 0.15) is 23.5 Å². The van der Waals surface area contributed by atoms with Crippen LogP contribution in [0.25, 0.3) is 21.9 Å². The third kappa shape index (κ3) is 3.11. The van der Waals surface area contributed by atoms with Crippen molar-refractivity contribution in [1.29, 1.82) is 0 Å². The Morgan fingerprint density at radius 2 is 1.50 bits per heavy atom. The fourth-order valence-corrected chi connectivity index (χ4v) is 8.46. The van der Waals surface area contributed by atoms with Crippen LogP contribution in [0.4, 0.5) is 28.7 Å². The van der Waals surface area contributed by atoms with Gasteiger partial charge in [-0.25, -0.2) is 9.97 Å². The molecule has 0 aliphatic carbocycles. The van der Waals surface area contributed by atoms with E-state index in [9.17, 15) is 0 Å². The minimum Gasteiger partial charge on any atom is -0.454 e. The molecule has 4 unspecified atom stereocenters. The van der Waals surface area contributed by atoms with E-state index < -0.39 is 0 Å². The molecule has 0 radical (unpaired) electrons. The van der Waals surface area contributed by atoms with Gasteiger partial charge in [0.25, 0.3) is 0 Å². The summed E-state index contributed by atoms with van der Waals surface area (Å²) in [6, 6.07) is 32.6. The highest BCUT2D eigenvalue weighted by Gasteiger charge is 2.56. The van der Waals surface area contributed by atoms with E-state index in [2.05, 4.69) is 130 Å². The van der Waals surface area contributed by atoms with Crippen molar-refractivity contribution in [2.24, 2.45) is 5.92 Å². The Labute approximate surface area is 255 Å². The van der Waals surface area contributed by atoms with Crippen molar-refractivity contribution in [3.63, 3.8) is 0 Å². The zero-order chi connectivity index (χ0) is 28.9. The van der Waals surface area contributed by atoms with Crippen LogP contribution in [0.3, 0.4) is 0 Å². The Hall–Kier alpha value is -5.30. The van der Waals surface area contributed by atoms with Crippen LogP contribution >= 0.6 is 0 Å². The molecule has 7 nitrogen and oxygen atoms in total. The fraction of sp³-hybridized carbons (Fsp3) is 0.189.